The minimum atomic E-state index is -0.840. The van der Waals surface area contributed by atoms with Crippen LogP contribution in [0.2, 0.25) is 0 Å². The second-order valence-electron chi connectivity index (χ2n) is 4.90. The summed E-state index contributed by atoms with van der Waals surface area (Å²) in [6.07, 6.45) is 1.45. The number of carboxylic acid groups (broad SMARTS) is 1. The Hall–Kier alpha value is -1.89. The quantitative estimate of drug-likeness (QED) is 0.841. The van der Waals surface area contributed by atoms with E-state index in [-0.39, 0.29) is 12.6 Å². The number of anilines is 1. The van der Waals surface area contributed by atoms with Crippen molar-refractivity contribution in [2.45, 2.75) is 26.8 Å². The van der Waals surface area contributed by atoms with Gasteiger partial charge in [0.25, 0.3) is 0 Å². The van der Waals surface area contributed by atoms with Gasteiger partial charge in [0.15, 0.2) is 0 Å². The minimum Gasteiger partial charge on any atom is -0.481 e. The maximum Gasteiger partial charge on any atom is 0.311 e. The van der Waals surface area contributed by atoms with Crippen molar-refractivity contribution in [1.82, 2.24) is 9.97 Å². The fourth-order valence-corrected chi connectivity index (χ4v) is 2.62. The van der Waals surface area contributed by atoms with Crippen LogP contribution < -0.4 is 9.64 Å². The van der Waals surface area contributed by atoms with Crippen molar-refractivity contribution in [3.63, 3.8) is 0 Å². The Morgan fingerprint density at radius 1 is 1.48 bits per heavy atom. The van der Waals surface area contributed by atoms with E-state index in [4.69, 9.17) is 9.47 Å². The van der Waals surface area contributed by atoms with Gasteiger partial charge in [-0.3, -0.25) is 4.79 Å². The lowest BCUT2D eigenvalue weighted by molar-refractivity contribution is -0.141. The molecule has 0 bridgehead atoms. The zero-order valence-electron chi connectivity index (χ0n) is 12.6. The van der Waals surface area contributed by atoms with Crippen molar-refractivity contribution in [3.8, 4) is 5.88 Å². The molecule has 1 aromatic rings. The highest BCUT2D eigenvalue weighted by molar-refractivity contribution is 5.72. The lowest BCUT2D eigenvalue weighted by Gasteiger charge is -2.31. The number of aliphatic carboxylic acids is 1. The molecule has 2 heterocycles. The molecule has 1 fully saturated rings. The second-order valence-corrected chi connectivity index (χ2v) is 4.90. The molecule has 1 aliphatic heterocycles. The summed E-state index contributed by atoms with van der Waals surface area (Å²) in [5.74, 6) is -0.146. The molecule has 21 heavy (non-hydrogen) atoms. The third-order valence-corrected chi connectivity index (χ3v) is 3.67. The average Bonchev–Trinajstić information content (AvgIpc) is 2.93. The number of carbonyl (C=O) groups is 1. The smallest absolute Gasteiger partial charge is 0.311 e. The predicted octanol–water partition coefficient (Wildman–Crippen LogP) is 1.11. The highest BCUT2D eigenvalue weighted by Gasteiger charge is 2.38. The molecular formula is C14H21N3O4. The molecule has 2 atom stereocenters. The van der Waals surface area contributed by atoms with Crippen molar-refractivity contribution < 1.29 is 19.4 Å². The Bertz CT molecular complexity index is 509. The van der Waals surface area contributed by atoms with Crippen LogP contribution in [0.4, 0.5) is 5.82 Å². The van der Waals surface area contributed by atoms with Crippen molar-refractivity contribution in [3.05, 3.63) is 11.9 Å². The van der Waals surface area contributed by atoms with E-state index in [1.165, 1.54) is 6.33 Å². The molecular weight excluding hydrogens is 274 g/mol. The van der Waals surface area contributed by atoms with E-state index in [9.17, 15) is 9.90 Å². The maximum absolute atomic E-state index is 11.4. The lowest BCUT2D eigenvalue weighted by Crippen LogP contribution is -2.44. The van der Waals surface area contributed by atoms with Crippen LogP contribution in [0, 0.1) is 12.8 Å². The largest absolute Gasteiger partial charge is 0.481 e. The van der Waals surface area contributed by atoms with E-state index in [1.807, 2.05) is 25.7 Å². The minimum absolute atomic E-state index is 0.226. The van der Waals surface area contributed by atoms with Gasteiger partial charge in [0.05, 0.1) is 31.4 Å². The molecule has 0 amide bonds. The number of carboxylic acids is 1. The molecule has 0 saturated carbocycles. The van der Waals surface area contributed by atoms with Gasteiger partial charge >= 0.3 is 5.97 Å². The summed E-state index contributed by atoms with van der Waals surface area (Å²) < 4.78 is 10.8. The zero-order chi connectivity index (χ0) is 15.4. The van der Waals surface area contributed by atoms with Gasteiger partial charge in [0, 0.05) is 6.54 Å². The van der Waals surface area contributed by atoms with Crippen molar-refractivity contribution in [2.75, 3.05) is 31.3 Å². The molecule has 7 heteroatoms. The molecule has 1 aromatic heterocycles. The van der Waals surface area contributed by atoms with E-state index < -0.39 is 11.9 Å². The van der Waals surface area contributed by atoms with Gasteiger partial charge in [-0.1, -0.05) is 0 Å². The molecule has 0 radical (unpaired) electrons. The first-order valence-electron chi connectivity index (χ1n) is 7.11. The maximum atomic E-state index is 11.4. The second kappa shape index (κ2) is 6.71. The fraction of sp³-hybridized carbons (Fsp3) is 0.643. The summed E-state index contributed by atoms with van der Waals surface area (Å²) in [6, 6.07) is -0.226. The summed E-state index contributed by atoms with van der Waals surface area (Å²) in [5.41, 5.74) is 0.817. The van der Waals surface area contributed by atoms with Gasteiger partial charge in [-0.05, 0) is 20.8 Å². The monoisotopic (exact) mass is 295 g/mol. The van der Waals surface area contributed by atoms with Gasteiger partial charge in [-0.25, -0.2) is 9.97 Å². The SMILES string of the molecule is CCOc1ncnc(N(CC)C2COCC2C(=O)O)c1C. The van der Waals surface area contributed by atoms with Crippen molar-refractivity contribution in [1.29, 1.82) is 0 Å². The van der Waals surface area contributed by atoms with E-state index in [1.54, 1.807) is 0 Å². The molecule has 7 nitrogen and oxygen atoms in total. The molecule has 2 rings (SSSR count). The Morgan fingerprint density at radius 2 is 2.24 bits per heavy atom. The molecule has 1 N–H and O–H groups in total. The van der Waals surface area contributed by atoms with E-state index >= 15 is 0 Å². The van der Waals surface area contributed by atoms with Crippen LogP contribution in [0.25, 0.3) is 0 Å². The molecule has 0 aromatic carbocycles. The van der Waals surface area contributed by atoms with Gasteiger partial charge < -0.3 is 19.5 Å². The summed E-state index contributed by atoms with van der Waals surface area (Å²) in [6.45, 7) is 7.53. The highest BCUT2D eigenvalue weighted by Crippen LogP contribution is 2.29. The predicted molar refractivity (Wildman–Crippen MR) is 76.7 cm³/mol. The highest BCUT2D eigenvalue weighted by atomic mass is 16.5. The van der Waals surface area contributed by atoms with E-state index in [2.05, 4.69) is 9.97 Å². The number of hydrogen-bond donors (Lipinski definition) is 1. The molecule has 116 valence electrons. The summed E-state index contributed by atoms with van der Waals surface area (Å²) in [7, 11) is 0. The molecule has 1 saturated heterocycles. The van der Waals surface area contributed by atoms with Crippen molar-refractivity contribution in [2.24, 2.45) is 5.92 Å². The van der Waals surface area contributed by atoms with E-state index in [0.29, 0.717) is 31.5 Å². The average molecular weight is 295 g/mol. The van der Waals surface area contributed by atoms with E-state index in [0.717, 1.165) is 5.56 Å². The third kappa shape index (κ3) is 3.07. The molecule has 0 aliphatic carbocycles. The summed E-state index contributed by atoms with van der Waals surface area (Å²) in [5, 5.41) is 9.32. The number of aromatic nitrogens is 2. The Morgan fingerprint density at radius 3 is 2.86 bits per heavy atom. The van der Waals surface area contributed by atoms with Gasteiger partial charge in [-0.15, -0.1) is 0 Å². The number of nitrogens with zero attached hydrogens (tertiary/aromatic N) is 3. The van der Waals surface area contributed by atoms with Crippen LogP contribution >= 0.6 is 0 Å². The normalized spacial score (nSPS) is 21.3. The topological polar surface area (TPSA) is 84.8 Å². The standard InChI is InChI=1S/C14H21N3O4/c1-4-17(11-7-20-6-10(11)14(18)19)12-9(3)13(21-5-2)16-8-15-12/h8,10-11H,4-7H2,1-3H3,(H,18,19). The van der Waals surface area contributed by atoms with Crippen molar-refractivity contribution >= 4 is 11.8 Å². The summed E-state index contributed by atoms with van der Waals surface area (Å²) in [4.78, 5) is 21.8. The molecule has 1 aliphatic rings. The van der Waals surface area contributed by atoms with Crippen LogP contribution in [0.3, 0.4) is 0 Å². The van der Waals surface area contributed by atoms with Gasteiger partial charge in [-0.2, -0.15) is 0 Å². The van der Waals surface area contributed by atoms with Crippen LogP contribution in [-0.2, 0) is 9.53 Å². The number of rotatable bonds is 6. The van der Waals surface area contributed by atoms with Crippen LogP contribution in [0.1, 0.15) is 19.4 Å². The first-order valence-corrected chi connectivity index (χ1v) is 7.11. The molecule has 2 unspecified atom stereocenters. The Labute approximate surface area is 123 Å². The lowest BCUT2D eigenvalue weighted by atomic mass is 10.0. The first-order chi connectivity index (χ1) is 10.1. The molecule has 0 spiro atoms. The third-order valence-electron chi connectivity index (χ3n) is 3.67. The fourth-order valence-electron chi connectivity index (χ4n) is 2.62. The van der Waals surface area contributed by atoms with Gasteiger partial charge in [0.1, 0.15) is 18.1 Å². The zero-order valence-corrected chi connectivity index (χ0v) is 12.6. The van der Waals surface area contributed by atoms with Crippen LogP contribution in [0.5, 0.6) is 5.88 Å². The van der Waals surface area contributed by atoms with Crippen LogP contribution in [-0.4, -0.2) is 53.5 Å². The number of ether oxygens (including phenoxy) is 2. The number of hydrogen-bond acceptors (Lipinski definition) is 6. The Kier molecular flexibility index (Phi) is 4.95. The first kappa shape index (κ1) is 15.5. The van der Waals surface area contributed by atoms with Gasteiger partial charge in [0.2, 0.25) is 5.88 Å². The van der Waals surface area contributed by atoms with Crippen LogP contribution in [0.15, 0.2) is 6.33 Å². The summed E-state index contributed by atoms with van der Waals surface area (Å²) >= 11 is 0. The Balaban J connectivity index is 2.33. The number of likely N-dealkylation sites (N-methyl/N-ethyl adjacent to an activating group) is 1.